The quantitative estimate of drug-likeness (QED) is 0.726. The van der Waals surface area contributed by atoms with Crippen molar-refractivity contribution in [1.82, 2.24) is 10.9 Å². The average molecular weight is 203 g/mol. The van der Waals surface area contributed by atoms with Gasteiger partial charge in [0.1, 0.15) is 5.54 Å². The monoisotopic (exact) mass is 203 g/mol. The third-order valence-electron chi connectivity index (χ3n) is 1.80. The van der Waals surface area contributed by atoms with Gasteiger partial charge in [-0.15, -0.1) is 0 Å². The van der Waals surface area contributed by atoms with E-state index in [0.717, 1.165) is 0 Å². The topological polar surface area (TPSA) is 64.9 Å². The number of amides is 1. The Hall–Kier alpha value is -1.86. The first-order chi connectivity index (χ1) is 7.05. The highest BCUT2D eigenvalue weighted by atomic mass is 16.2. The molecule has 1 aromatic rings. The number of benzene rings is 1. The van der Waals surface area contributed by atoms with Gasteiger partial charge in [-0.2, -0.15) is 5.26 Å². The molecule has 0 aromatic heterocycles. The van der Waals surface area contributed by atoms with Crippen LogP contribution in [0.5, 0.6) is 0 Å². The fraction of sp³-hybridized carbons (Fsp3) is 0.273. The zero-order valence-corrected chi connectivity index (χ0v) is 8.74. The fourth-order valence-corrected chi connectivity index (χ4v) is 0.903. The molecular formula is C11H13N3O. The number of carbonyl (C=O) groups is 1. The zero-order chi connectivity index (χ0) is 11.3. The summed E-state index contributed by atoms with van der Waals surface area (Å²) in [4.78, 5) is 11.5. The van der Waals surface area contributed by atoms with Crippen LogP contribution >= 0.6 is 0 Å². The number of carbonyl (C=O) groups excluding carboxylic acids is 1. The molecule has 0 spiro atoms. The van der Waals surface area contributed by atoms with E-state index in [-0.39, 0.29) is 5.91 Å². The van der Waals surface area contributed by atoms with Crippen LogP contribution in [0.15, 0.2) is 30.3 Å². The summed E-state index contributed by atoms with van der Waals surface area (Å²) in [5, 5.41) is 8.71. The van der Waals surface area contributed by atoms with Crippen LogP contribution in [0, 0.1) is 11.3 Å². The van der Waals surface area contributed by atoms with Gasteiger partial charge in [0, 0.05) is 5.56 Å². The average Bonchev–Trinajstić information content (AvgIpc) is 2.27. The molecular weight excluding hydrogens is 190 g/mol. The van der Waals surface area contributed by atoms with Gasteiger partial charge in [0.2, 0.25) is 0 Å². The van der Waals surface area contributed by atoms with Crippen LogP contribution in [0.2, 0.25) is 0 Å². The molecule has 0 unspecified atom stereocenters. The molecule has 4 nitrogen and oxygen atoms in total. The maximum atomic E-state index is 11.5. The van der Waals surface area contributed by atoms with Crippen molar-refractivity contribution in [2.75, 3.05) is 0 Å². The van der Waals surface area contributed by atoms with E-state index in [1.165, 1.54) is 0 Å². The van der Waals surface area contributed by atoms with Gasteiger partial charge in [0.05, 0.1) is 6.07 Å². The third kappa shape index (κ3) is 3.41. The molecule has 1 aromatic carbocycles. The van der Waals surface area contributed by atoms with Gasteiger partial charge in [0.25, 0.3) is 5.91 Å². The lowest BCUT2D eigenvalue weighted by Crippen LogP contribution is -2.49. The Morgan fingerprint density at radius 2 is 1.93 bits per heavy atom. The smallest absolute Gasteiger partial charge is 0.265 e. The molecule has 0 heterocycles. The SMILES string of the molecule is CC(C)(C#N)NNC(=O)c1ccccc1. The van der Waals surface area contributed by atoms with E-state index in [9.17, 15) is 4.79 Å². The van der Waals surface area contributed by atoms with E-state index in [1.807, 2.05) is 12.1 Å². The molecule has 2 N–H and O–H groups in total. The van der Waals surface area contributed by atoms with Gasteiger partial charge >= 0.3 is 0 Å². The fourth-order valence-electron chi connectivity index (χ4n) is 0.903. The second kappa shape index (κ2) is 4.58. The van der Waals surface area contributed by atoms with Gasteiger partial charge in [-0.25, -0.2) is 5.43 Å². The van der Waals surface area contributed by atoms with E-state index in [4.69, 9.17) is 5.26 Å². The molecule has 0 aliphatic rings. The lowest BCUT2D eigenvalue weighted by atomic mass is 10.1. The summed E-state index contributed by atoms with van der Waals surface area (Å²) in [7, 11) is 0. The molecule has 78 valence electrons. The summed E-state index contributed by atoms with van der Waals surface area (Å²) in [5.74, 6) is -0.251. The minimum Gasteiger partial charge on any atom is -0.286 e. The maximum absolute atomic E-state index is 11.5. The number of hydrogen-bond acceptors (Lipinski definition) is 3. The Morgan fingerprint density at radius 3 is 2.47 bits per heavy atom. The van der Waals surface area contributed by atoms with Crippen molar-refractivity contribution in [2.24, 2.45) is 0 Å². The molecule has 0 saturated heterocycles. The van der Waals surface area contributed by atoms with E-state index in [0.29, 0.717) is 5.56 Å². The van der Waals surface area contributed by atoms with Gasteiger partial charge in [-0.05, 0) is 26.0 Å². The molecule has 0 aliphatic carbocycles. The summed E-state index contributed by atoms with van der Waals surface area (Å²) < 4.78 is 0. The molecule has 0 bridgehead atoms. The lowest BCUT2D eigenvalue weighted by molar-refractivity contribution is 0.0920. The van der Waals surface area contributed by atoms with Crippen molar-refractivity contribution in [3.63, 3.8) is 0 Å². The molecule has 1 amide bonds. The van der Waals surface area contributed by atoms with Crippen molar-refractivity contribution in [1.29, 1.82) is 5.26 Å². The first kappa shape index (κ1) is 11.2. The Morgan fingerprint density at radius 1 is 1.33 bits per heavy atom. The summed E-state index contributed by atoms with van der Waals surface area (Å²) in [6, 6.07) is 10.8. The van der Waals surface area contributed by atoms with Crippen molar-refractivity contribution in [2.45, 2.75) is 19.4 Å². The number of nitriles is 1. The molecule has 0 saturated carbocycles. The molecule has 0 atom stereocenters. The lowest BCUT2D eigenvalue weighted by Gasteiger charge is -2.17. The van der Waals surface area contributed by atoms with Crippen molar-refractivity contribution < 1.29 is 4.79 Å². The highest BCUT2D eigenvalue weighted by Gasteiger charge is 2.16. The van der Waals surface area contributed by atoms with Crippen LogP contribution in [0.4, 0.5) is 0 Å². The van der Waals surface area contributed by atoms with Crippen molar-refractivity contribution in [3.8, 4) is 6.07 Å². The van der Waals surface area contributed by atoms with Crippen LogP contribution in [0.3, 0.4) is 0 Å². The Kier molecular flexibility index (Phi) is 3.42. The minimum atomic E-state index is -0.773. The summed E-state index contributed by atoms with van der Waals surface area (Å²) in [6.07, 6.45) is 0. The zero-order valence-electron chi connectivity index (χ0n) is 8.74. The number of nitrogens with one attached hydrogen (secondary N) is 2. The number of hydrogen-bond donors (Lipinski definition) is 2. The molecule has 0 fully saturated rings. The first-order valence-corrected chi connectivity index (χ1v) is 4.59. The third-order valence-corrected chi connectivity index (χ3v) is 1.80. The van der Waals surface area contributed by atoms with E-state index >= 15 is 0 Å². The Labute approximate surface area is 88.9 Å². The minimum absolute atomic E-state index is 0.251. The predicted octanol–water partition coefficient (Wildman–Crippen LogP) is 1.22. The summed E-state index contributed by atoms with van der Waals surface area (Å²) in [5.41, 5.74) is 4.91. The Bertz CT molecular complexity index is 379. The van der Waals surface area contributed by atoms with Crippen LogP contribution in [-0.2, 0) is 0 Å². The van der Waals surface area contributed by atoms with Gasteiger partial charge in [0.15, 0.2) is 0 Å². The van der Waals surface area contributed by atoms with Crippen LogP contribution < -0.4 is 10.9 Å². The van der Waals surface area contributed by atoms with E-state index in [1.54, 1.807) is 38.1 Å². The summed E-state index contributed by atoms with van der Waals surface area (Å²) >= 11 is 0. The Balaban J connectivity index is 2.56. The van der Waals surface area contributed by atoms with Gasteiger partial charge in [-0.3, -0.25) is 10.2 Å². The normalized spacial score (nSPS) is 10.5. The van der Waals surface area contributed by atoms with E-state index in [2.05, 4.69) is 10.9 Å². The van der Waals surface area contributed by atoms with Crippen molar-refractivity contribution >= 4 is 5.91 Å². The largest absolute Gasteiger partial charge is 0.286 e. The standard InChI is InChI=1S/C11H13N3O/c1-11(2,8-12)14-13-10(15)9-6-4-3-5-7-9/h3-7,14H,1-2H3,(H,13,15). The summed E-state index contributed by atoms with van der Waals surface area (Å²) in [6.45, 7) is 3.36. The van der Waals surface area contributed by atoms with Crippen LogP contribution in [-0.4, -0.2) is 11.4 Å². The molecule has 15 heavy (non-hydrogen) atoms. The van der Waals surface area contributed by atoms with Gasteiger partial charge in [-0.1, -0.05) is 18.2 Å². The molecule has 4 heteroatoms. The highest BCUT2D eigenvalue weighted by Crippen LogP contribution is 1.99. The molecule has 0 aliphatic heterocycles. The second-order valence-electron chi connectivity index (χ2n) is 3.68. The van der Waals surface area contributed by atoms with Gasteiger partial charge < -0.3 is 0 Å². The molecule has 1 rings (SSSR count). The van der Waals surface area contributed by atoms with E-state index < -0.39 is 5.54 Å². The maximum Gasteiger partial charge on any atom is 0.265 e. The highest BCUT2D eigenvalue weighted by molar-refractivity contribution is 5.93. The number of nitrogens with zero attached hydrogens (tertiary/aromatic N) is 1. The molecule has 0 radical (unpaired) electrons. The second-order valence-corrected chi connectivity index (χ2v) is 3.68. The van der Waals surface area contributed by atoms with Crippen LogP contribution in [0.25, 0.3) is 0 Å². The predicted molar refractivity (Wildman–Crippen MR) is 56.7 cm³/mol. The van der Waals surface area contributed by atoms with Crippen molar-refractivity contribution in [3.05, 3.63) is 35.9 Å². The van der Waals surface area contributed by atoms with Crippen LogP contribution in [0.1, 0.15) is 24.2 Å². The number of rotatable bonds is 3. The number of hydrazine groups is 1. The first-order valence-electron chi connectivity index (χ1n) is 4.59.